The third-order valence-corrected chi connectivity index (χ3v) is 11.9. The van der Waals surface area contributed by atoms with Crippen molar-refractivity contribution < 1.29 is 63.1 Å². The lowest BCUT2D eigenvalue weighted by atomic mass is 9.85. The molecule has 7 unspecified atom stereocenters. The molecule has 0 radical (unpaired) electrons. The molecule has 1 saturated carbocycles. The van der Waals surface area contributed by atoms with Crippen LogP contribution in [0, 0.1) is 0 Å². The molecule has 0 saturated heterocycles. The molecular weight excluding hydrogens is 828 g/mol. The molecule has 0 bridgehead atoms. The second-order valence-electron chi connectivity index (χ2n) is 16.6. The maximum absolute atomic E-state index is 12.8. The van der Waals surface area contributed by atoms with E-state index >= 15 is 0 Å². The van der Waals surface area contributed by atoms with Crippen molar-refractivity contribution in [2.24, 2.45) is 0 Å². The van der Waals surface area contributed by atoms with E-state index in [0.29, 0.717) is 12.8 Å². The van der Waals surface area contributed by atoms with Crippen LogP contribution >= 0.6 is 7.82 Å². The second-order valence-corrected chi connectivity index (χ2v) is 18.0. The Morgan fingerprint density at radius 1 is 0.508 bits per heavy atom. The Morgan fingerprint density at radius 2 is 0.937 bits per heavy atom. The minimum atomic E-state index is -5.13. The van der Waals surface area contributed by atoms with Crippen LogP contribution in [-0.4, -0.2) is 98.3 Å². The number of ether oxygens (including phenoxy) is 2. The summed E-state index contributed by atoms with van der Waals surface area (Å²) in [5.41, 5.74) is 0. The lowest BCUT2D eigenvalue weighted by Crippen LogP contribution is -2.64. The molecule has 63 heavy (non-hydrogen) atoms. The molecule has 0 amide bonds. The number of hydrogen-bond acceptors (Lipinski definition) is 12. The van der Waals surface area contributed by atoms with Gasteiger partial charge in [0, 0.05) is 12.8 Å². The summed E-state index contributed by atoms with van der Waals surface area (Å²) in [5, 5.41) is 50.2. The lowest BCUT2D eigenvalue weighted by molar-refractivity contribution is -0.220. The van der Waals surface area contributed by atoms with Crippen LogP contribution in [0.2, 0.25) is 0 Å². The number of carbonyl (C=O) groups is 2. The number of phosphoric ester groups is 1. The van der Waals surface area contributed by atoms with Gasteiger partial charge in [-0.05, 0) is 57.8 Å². The van der Waals surface area contributed by atoms with Crippen LogP contribution in [0.3, 0.4) is 0 Å². The van der Waals surface area contributed by atoms with Gasteiger partial charge in [-0.1, -0.05) is 171 Å². The molecule has 0 aromatic rings. The van der Waals surface area contributed by atoms with Crippen LogP contribution in [0.4, 0.5) is 0 Å². The van der Waals surface area contributed by atoms with Gasteiger partial charge in [0.25, 0.3) is 0 Å². The third kappa shape index (κ3) is 31.2. The predicted molar refractivity (Wildman–Crippen MR) is 249 cm³/mol. The zero-order valence-electron chi connectivity index (χ0n) is 38.6. The number of carbonyl (C=O) groups excluding carboxylic acids is 2. The molecule has 1 aliphatic carbocycles. The van der Waals surface area contributed by atoms with Gasteiger partial charge in [0.1, 0.15) is 43.2 Å². The second kappa shape index (κ2) is 38.8. The van der Waals surface area contributed by atoms with Gasteiger partial charge in [-0.25, -0.2) is 4.57 Å². The summed E-state index contributed by atoms with van der Waals surface area (Å²) in [6.07, 6.45) is 34.3. The summed E-state index contributed by atoms with van der Waals surface area (Å²) < 4.78 is 33.5. The lowest BCUT2D eigenvalue weighted by Gasteiger charge is -2.41. The Hall–Kier alpha value is -2.45. The van der Waals surface area contributed by atoms with Crippen molar-refractivity contribution in [3.05, 3.63) is 60.8 Å². The largest absolute Gasteiger partial charge is 0.472 e. The molecule has 6 N–H and O–H groups in total. The number of unbranched alkanes of at least 4 members (excludes halogenated alkanes) is 19. The Kier molecular flexibility index (Phi) is 36.1. The van der Waals surface area contributed by atoms with Crippen molar-refractivity contribution in [1.82, 2.24) is 0 Å². The zero-order valence-corrected chi connectivity index (χ0v) is 39.5. The fourth-order valence-electron chi connectivity index (χ4n) is 7.09. The molecule has 0 aliphatic heterocycles. The van der Waals surface area contributed by atoms with Crippen LogP contribution in [0.25, 0.3) is 0 Å². The molecule has 8 atom stereocenters. The molecule has 0 aromatic carbocycles. The van der Waals surface area contributed by atoms with Crippen LogP contribution < -0.4 is 0 Å². The molecule has 0 heterocycles. The minimum absolute atomic E-state index is 0.0721. The quantitative estimate of drug-likeness (QED) is 0.0112. The zero-order chi connectivity index (χ0) is 46.4. The van der Waals surface area contributed by atoms with Gasteiger partial charge in [-0.3, -0.25) is 18.6 Å². The van der Waals surface area contributed by atoms with E-state index in [1.54, 1.807) is 0 Å². The highest BCUT2D eigenvalue weighted by molar-refractivity contribution is 7.47. The number of phosphoric acid groups is 1. The van der Waals surface area contributed by atoms with Gasteiger partial charge in [0.05, 0.1) is 6.61 Å². The summed E-state index contributed by atoms with van der Waals surface area (Å²) in [5.74, 6) is -1.12. The van der Waals surface area contributed by atoms with Crippen LogP contribution in [0.5, 0.6) is 0 Å². The number of esters is 2. The first-order valence-electron chi connectivity index (χ1n) is 24.1. The standard InChI is InChI=1S/C49H85O13P/c1-3-5-7-9-11-13-15-17-18-19-20-21-22-23-24-26-27-29-31-33-35-37-42(50)59-39-41(40-60-63(57,58)62-49-47(55)45(53)44(52)46(54)48(49)56)61-43(51)38-36-34-32-30-28-25-16-14-12-10-8-6-4-2/h5-8,10-14,16,41,44-49,52-56H,3-4,9,15,17-40H2,1-2H3,(H,57,58)/b7-5+,8-6+,12-10+,13-11+,16-14+/t41?,44?,45-,46?,47?,48?,49?/m0/s1. The van der Waals surface area contributed by atoms with E-state index in [1.807, 2.05) is 24.3 Å². The van der Waals surface area contributed by atoms with Crippen molar-refractivity contribution >= 4 is 19.8 Å². The smallest absolute Gasteiger partial charge is 0.462 e. The molecule has 1 aliphatic rings. The first-order valence-corrected chi connectivity index (χ1v) is 25.6. The highest BCUT2D eigenvalue weighted by Crippen LogP contribution is 2.47. The van der Waals surface area contributed by atoms with Crippen molar-refractivity contribution in [3.63, 3.8) is 0 Å². The summed E-state index contributed by atoms with van der Waals surface area (Å²) in [7, 11) is -5.13. The summed E-state index contributed by atoms with van der Waals surface area (Å²) in [6.45, 7) is 3.05. The molecule has 0 aromatic heterocycles. The van der Waals surface area contributed by atoms with E-state index in [0.717, 1.165) is 70.6 Å². The van der Waals surface area contributed by atoms with Crippen molar-refractivity contribution in [3.8, 4) is 0 Å². The monoisotopic (exact) mass is 913 g/mol. The van der Waals surface area contributed by atoms with Crippen LogP contribution in [-0.2, 0) is 32.7 Å². The van der Waals surface area contributed by atoms with Gasteiger partial charge in [0.2, 0.25) is 0 Å². The van der Waals surface area contributed by atoms with E-state index in [-0.39, 0.29) is 12.8 Å². The average molecular weight is 913 g/mol. The first-order chi connectivity index (χ1) is 30.4. The Bertz CT molecular complexity index is 1330. The topological polar surface area (TPSA) is 210 Å². The first kappa shape index (κ1) is 58.6. The highest BCUT2D eigenvalue weighted by Gasteiger charge is 2.51. The Morgan fingerprint density at radius 3 is 1.46 bits per heavy atom. The maximum atomic E-state index is 12.8. The van der Waals surface area contributed by atoms with Crippen molar-refractivity contribution in [1.29, 1.82) is 0 Å². The van der Waals surface area contributed by atoms with E-state index in [9.17, 15) is 44.6 Å². The van der Waals surface area contributed by atoms with Crippen molar-refractivity contribution in [2.45, 2.75) is 224 Å². The average Bonchev–Trinajstić information content (AvgIpc) is 3.26. The number of aliphatic hydroxyl groups excluding tert-OH is 5. The summed E-state index contributed by atoms with van der Waals surface area (Å²) in [6, 6.07) is 0. The summed E-state index contributed by atoms with van der Waals surface area (Å²) >= 11 is 0. The predicted octanol–water partition coefficient (Wildman–Crippen LogP) is 9.73. The number of rotatable bonds is 39. The molecule has 0 spiro atoms. The molecule has 1 rings (SSSR count). The number of allylic oxidation sites excluding steroid dienone is 10. The molecule has 364 valence electrons. The van der Waals surface area contributed by atoms with Gasteiger partial charge in [-0.2, -0.15) is 0 Å². The van der Waals surface area contributed by atoms with E-state index in [4.69, 9.17) is 18.5 Å². The fourth-order valence-corrected chi connectivity index (χ4v) is 8.06. The number of hydrogen-bond donors (Lipinski definition) is 6. The van der Waals surface area contributed by atoms with Gasteiger partial charge in [0.15, 0.2) is 6.10 Å². The van der Waals surface area contributed by atoms with E-state index in [2.05, 4.69) is 50.3 Å². The van der Waals surface area contributed by atoms with E-state index in [1.165, 1.54) is 70.6 Å². The minimum Gasteiger partial charge on any atom is -0.462 e. The van der Waals surface area contributed by atoms with Crippen molar-refractivity contribution in [2.75, 3.05) is 13.2 Å². The Labute approximate surface area is 379 Å². The number of aliphatic hydroxyl groups is 5. The molecular formula is C49H85O13P. The molecule has 13 nitrogen and oxygen atoms in total. The fraction of sp³-hybridized carbons (Fsp3) is 0.755. The SMILES string of the molecule is CC/C=C/C=C/C=C/CCCCCCCC(=O)OC(COC(=O)CCCCCCCCCCCCCCCC/C=C/C/C=C/CC)COP(=O)(O)OC1C(O)C(O)C(O)[C@H](O)C1O. The van der Waals surface area contributed by atoms with Gasteiger partial charge < -0.3 is 39.9 Å². The van der Waals surface area contributed by atoms with Gasteiger partial charge in [-0.15, -0.1) is 0 Å². The highest BCUT2D eigenvalue weighted by atomic mass is 31.2. The maximum Gasteiger partial charge on any atom is 0.472 e. The normalized spacial score (nSPS) is 22.2. The van der Waals surface area contributed by atoms with Gasteiger partial charge >= 0.3 is 19.8 Å². The third-order valence-electron chi connectivity index (χ3n) is 10.9. The molecule has 1 fully saturated rings. The molecule has 14 heteroatoms. The Balaban J connectivity index is 2.39. The summed E-state index contributed by atoms with van der Waals surface area (Å²) in [4.78, 5) is 35.7. The van der Waals surface area contributed by atoms with Crippen LogP contribution in [0.1, 0.15) is 181 Å². The van der Waals surface area contributed by atoms with E-state index < -0.39 is 75.7 Å². The van der Waals surface area contributed by atoms with Crippen LogP contribution in [0.15, 0.2) is 60.8 Å².